The Morgan fingerprint density at radius 1 is 1.29 bits per heavy atom. The first-order chi connectivity index (χ1) is 9.62. The predicted octanol–water partition coefficient (Wildman–Crippen LogP) is 3.08. The predicted molar refractivity (Wildman–Crippen MR) is 87.5 cm³/mol. The molecule has 0 spiro atoms. The minimum Gasteiger partial charge on any atom is -0.494 e. The highest BCUT2D eigenvalue weighted by molar-refractivity contribution is 7.91. The minimum atomic E-state index is -3.24. The molecule has 21 heavy (non-hydrogen) atoms. The van der Waals surface area contributed by atoms with Gasteiger partial charge in [0.1, 0.15) is 5.75 Å². The monoisotopic (exact) mass is 313 g/mol. The van der Waals surface area contributed by atoms with Crippen molar-refractivity contribution in [3.05, 3.63) is 29.3 Å². The van der Waals surface area contributed by atoms with E-state index in [1.165, 1.54) is 0 Å². The van der Waals surface area contributed by atoms with Crippen molar-refractivity contribution >= 4 is 9.84 Å². The molecular weight excluding hydrogens is 286 g/mol. The first-order valence-corrected chi connectivity index (χ1v) is 8.92. The third kappa shape index (κ3) is 4.45. The fraction of sp³-hybridized carbons (Fsp3) is 0.625. The summed E-state index contributed by atoms with van der Waals surface area (Å²) in [5, 5.41) is 3.16. The summed E-state index contributed by atoms with van der Waals surface area (Å²) in [5.74, 6) is 0.646. The van der Waals surface area contributed by atoms with Gasteiger partial charge in [0.2, 0.25) is 0 Å². The molecule has 0 saturated carbocycles. The van der Waals surface area contributed by atoms with Crippen molar-refractivity contribution in [1.29, 1.82) is 0 Å². The molecule has 0 aliphatic carbocycles. The zero-order valence-electron chi connectivity index (χ0n) is 13.9. The number of hydrogen-bond donors (Lipinski definition) is 1. The van der Waals surface area contributed by atoms with Gasteiger partial charge in [0.15, 0.2) is 9.84 Å². The molecule has 1 aromatic rings. The summed E-state index contributed by atoms with van der Waals surface area (Å²) < 4.78 is 29.7. The van der Waals surface area contributed by atoms with Crippen LogP contribution in [0.25, 0.3) is 0 Å². The van der Waals surface area contributed by atoms with Gasteiger partial charge in [-0.05, 0) is 59.4 Å². The van der Waals surface area contributed by atoms with Crippen LogP contribution in [-0.2, 0) is 15.6 Å². The Morgan fingerprint density at radius 2 is 1.90 bits per heavy atom. The maximum atomic E-state index is 12.5. The number of nitrogens with one attached hydrogen (secondary N) is 1. The third-order valence-corrected chi connectivity index (χ3v) is 6.15. The second-order valence-electron chi connectivity index (χ2n) is 6.18. The Balaban J connectivity index is 3.24. The van der Waals surface area contributed by atoms with Crippen LogP contribution >= 0.6 is 0 Å². The highest BCUT2D eigenvalue weighted by Crippen LogP contribution is 2.29. The van der Waals surface area contributed by atoms with E-state index in [4.69, 9.17) is 4.74 Å². The van der Waals surface area contributed by atoms with Crippen LogP contribution in [0.15, 0.2) is 18.2 Å². The van der Waals surface area contributed by atoms with Gasteiger partial charge in [-0.2, -0.15) is 0 Å². The molecule has 0 aliphatic heterocycles. The van der Waals surface area contributed by atoms with Gasteiger partial charge in [-0.1, -0.05) is 6.07 Å². The summed E-state index contributed by atoms with van der Waals surface area (Å²) in [4.78, 5) is 0. The van der Waals surface area contributed by atoms with Crippen LogP contribution in [0, 0.1) is 0 Å². The standard InChI is InChI=1S/C16H27NO3S/c1-7-20-15-9-8-13(12(2)17-6)10-14(15)11-21(18,19)16(3,4)5/h8-10,12,17H,7,11H2,1-6H3. The lowest BCUT2D eigenvalue weighted by Gasteiger charge is -2.21. The molecule has 1 N–H and O–H groups in total. The third-order valence-electron chi connectivity index (χ3n) is 3.60. The number of hydrogen-bond acceptors (Lipinski definition) is 4. The second-order valence-corrected chi connectivity index (χ2v) is 8.92. The molecule has 120 valence electrons. The fourth-order valence-corrected chi connectivity index (χ4v) is 2.93. The Kier molecular flexibility index (Phi) is 5.82. The molecule has 1 aromatic carbocycles. The van der Waals surface area contributed by atoms with Crippen LogP contribution in [0.3, 0.4) is 0 Å². The van der Waals surface area contributed by atoms with E-state index in [1.807, 2.05) is 39.1 Å². The van der Waals surface area contributed by atoms with Gasteiger partial charge in [0.25, 0.3) is 0 Å². The average molecular weight is 313 g/mol. The summed E-state index contributed by atoms with van der Waals surface area (Å²) in [6.07, 6.45) is 0. The summed E-state index contributed by atoms with van der Waals surface area (Å²) in [7, 11) is -1.36. The van der Waals surface area contributed by atoms with E-state index in [2.05, 4.69) is 5.32 Å². The molecule has 0 heterocycles. The van der Waals surface area contributed by atoms with Gasteiger partial charge in [-0.25, -0.2) is 8.42 Å². The Morgan fingerprint density at radius 3 is 2.38 bits per heavy atom. The molecule has 1 atom stereocenters. The van der Waals surface area contributed by atoms with E-state index in [1.54, 1.807) is 20.8 Å². The smallest absolute Gasteiger partial charge is 0.159 e. The number of ether oxygens (including phenoxy) is 1. The molecule has 0 saturated heterocycles. The van der Waals surface area contributed by atoms with Crippen molar-refractivity contribution in [2.75, 3.05) is 13.7 Å². The lowest BCUT2D eigenvalue weighted by atomic mass is 10.1. The maximum absolute atomic E-state index is 12.5. The highest BCUT2D eigenvalue weighted by atomic mass is 32.2. The van der Waals surface area contributed by atoms with Gasteiger partial charge < -0.3 is 10.1 Å². The van der Waals surface area contributed by atoms with Crippen LogP contribution < -0.4 is 10.1 Å². The van der Waals surface area contributed by atoms with E-state index in [0.29, 0.717) is 12.4 Å². The van der Waals surface area contributed by atoms with Gasteiger partial charge in [0, 0.05) is 11.6 Å². The summed E-state index contributed by atoms with van der Waals surface area (Å²) in [6.45, 7) is 9.63. The number of benzene rings is 1. The van der Waals surface area contributed by atoms with Crippen LogP contribution in [0.1, 0.15) is 51.8 Å². The Bertz CT molecular complexity index is 574. The first-order valence-electron chi connectivity index (χ1n) is 7.27. The SMILES string of the molecule is CCOc1ccc(C(C)NC)cc1CS(=O)(=O)C(C)(C)C. The minimum absolute atomic E-state index is 0.00386. The highest BCUT2D eigenvalue weighted by Gasteiger charge is 2.30. The Labute approximate surface area is 128 Å². The molecular formula is C16H27NO3S. The molecule has 0 bridgehead atoms. The Hall–Kier alpha value is -1.07. The number of sulfone groups is 1. The van der Waals surface area contributed by atoms with E-state index >= 15 is 0 Å². The van der Waals surface area contributed by atoms with E-state index in [-0.39, 0.29) is 11.8 Å². The lowest BCUT2D eigenvalue weighted by molar-refractivity contribution is 0.337. The summed E-state index contributed by atoms with van der Waals surface area (Å²) in [5.41, 5.74) is 1.78. The van der Waals surface area contributed by atoms with Crippen LogP contribution in [0.5, 0.6) is 5.75 Å². The van der Waals surface area contributed by atoms with Gasteiger partial charge >= 0.3 is 0 Å². The van der Waals surface area contributed by atoms with Crippen LogP contribution in [0.4, 0.5) is 0 Å². The topological polar surface area (TPSA) is 55.4 Å². The number of rotatable bonds is 6. The zero-order valence-corrected chi connectivity index (χ0v) is 14.7. The van der Waals surface area contributed by atoms with E-state index < -0.39 is 14.6 Å². The molecule has 0 amide bonds. The lowest BCUT2D eigenvalue weighted by Crippen LogP contribution is -2.29. The fourth-order valence-electron chi connectivity index (χ4n) is 1.87. The molecule has 0 aliphatic rings. The van der Waals surface area contributed by atoms with Crippen molar-refractivity contribution in [1.82, 2.24) is 5.32 Å². The van der Waals surface area contributed by atoms with Crippen molar-refractivity contribution in [3.63, 3.8) is 0 Å². The van der Waals surface area contributed by atoms with Gasteiger partial charge in [0.05, 0.1) is 17.1 Å². The van der Waals surface area contributed by atoms with Gasteiger partial charge in [-0.15, -0.1) is 0 Å². The molecule has 5 heteroatoms. The largest absolute Gasteiger partial charge is 0.494 e. The van der Waals surface area contributed by atoms with E-state index in [0.717, 1.165) is 11.1 Å². The normalized spacial score (nSPS) is 14.0. The molecule has 0 aromatic heterocycles. The molecule has 0 fully saturated rings. The first kappa shape index (κ1) is 18.0. The van der Waals surface area contributed by atoms with Crippen molar-refractivity contribution < 1.29 is 13.2 Å². The zero-order chi connectivity index (χ0) is 16.3. The van der Waals surface area contributed by atoms with Crippen molar-refractivity contribution in [2.45, 2.75) is 51.2 Å². The average Bonchev–Trinajstić information content (AvgIpc) is 2.38. The molecule has 4 nitrogen and oxygen atoms in total. The molecule has 1 unspecified atom stereocenters. The van der Waals surface area contributed by atoms with Crippen molar-refractivity contribution in [3.8, 4) is 5.75 Å². The van der Waals surface area contributed by atoms with Crippen molar-refractivity contribution in [2.24, 2.45) is 0 Å². The maximum Gasteiger partial charge on any atom is 0.159 e. The summed E-state index contributed by atoms with van der Waals surface area (Å²) >= 11 is 0. The second kappa shape index (κ2) is 6.79. The summed E-state index contributed by atoms with van der Waals surface area (Å²) in [6, 6.07) is 5.92. The van der Waals surface area contributed by atoms with Gasteiger partial charge in [-0.3, -0.25) is 0 Å². The van der Waals surface area contributed by atoms with E-state index in [9.17, 15) is 8.42 Å². The van der Waals surface area contributed by atoms with Crippen LogP contribution in [-0.4, -0.2) is 26.8 Å². The molecule has 1 rings (SSSR count). The molecule has 0 radical (unpaired) electrons. The van der Waals surface area contributed by atoms with Crippen LogP contribution in [0.2, 0.25) is 0 Å². The quantitative estimate of drug-likeness (QED) is 0.877.